The van der Waals surface area contributed by atoms with Crippen molar-refractivity contribution >= 4 is 27.5 Å². The quantitative estimate of drug-likeness (QED) is 0.793. The maximum absolute atomic E-state index is 13.2. The second-order valence-electron chi connectivity index (χ2n) is 5.34. The van der Waals surface area contributed by atoms with Gasteiger partial charge in [0.15, 0.2) is 4.80 Å². The van der Waals surface area contributed by atoms with Gasteiger partial charge in [0.05, 0.1) is 10.2 Å². The number of hydrogen-bond donors (Lipinski definition) is 0. The minimum absolute atomic E-state index is 0.0210. The molecule has 0 saturated heterocycles. The largest absolute Gasteiger partial charge is 0.319 e. The summed E-state index contributed by atoms with van der Waals surface area (Å²) >= 11 is 1.37. The zero-order valence-electron chi connectivity index (χ0n) is 11.4. The number of hydrogen-bond acceptors (Lipinski definition) is 2. The number of halogens is 1. The van der Waals surface area contributed by atoms with Crippen LogP contribution in [0.25, 0.3) is 10.2 Å². The molecule has 5 heteroatoms. The number of amides is 1. The SMILES string of the molecule is Cn1c(=NC(=O)C2CCCCC2)sc2cc(F)ccc21. The second kappa shape index (κ2) is 5.48. The van der Waals surface area contributed by atoms with Crippen LogP contribution in [0.5, 0.6) is 0 Å². The highest BCUT2D eigenvalue weighted by Gasteiger charge is 2.20. The first-order valence-corrected chi connectivity index (χ1v) is 7.80. The Morgan fingerprint density at radius 3 is 2.85 bits per heavy atom. The van der Waals surface area contributed by atoms with E-state index in [1.54, 1.807) is 6.07 Å². The monoisotopic (exact) mass is 292 g/mol. The van der Waals surface area contributed by atoms with Crippen molar-refractivity contribution in [2.75, 3.05) is 0 Å². The molecule has 1 amide bonds. The van der Waals surface area contributed by atoms with Crippen LogP contribution in [-0.4, -0.2) is 10.5 Å². The Morgan fingerprint density at radius 2 is 2.10 bits per heavy atom. The third-order valence-electron chi connectivity index (χ3n) is 3.93. The molecule has 1 aliphatic carbocycles. The smallest absolute Gasteiger partial charge is 0.251 e. The second-order valence-corrected chi connectivity index (χ2v) is 6.35. The van der Waals surface area contributed by atoms with Gasteiger partial charge in [-0.15, -0.1) is 0 Å². The number of aromatic nitrogens is 1. The zero-order chi connectivity index (χ0) is 14.1. The molecule has 1 saturated carbocycles. The number of benzene rings is 1. The van der Waals surface area contributed by atoms with E-state index in [0.29, 0.717) is 4.80 Å². The lowest BCUT2D eigenvalue weighted by molar-refractivity contribution is -0.122. The fourth-order valence-corrected chi connectivity index (χ4v) is 3.80. The molecule has 106 valence electrons. The highest BCUT2D eigenvalue weighted by atomic mass is 32.1. The molecule has 2 aromatic rings. The van der Waals surface area contributed by atoms with E-state index >= 15 is 0 Å². The lowest BCUT2D eigenvalue weighted by atomic mass is 9.89. The van der Waals surface area contributed by atoms with Gasteiger partial charge in [0.25, 0.3) is 5.91 Å². The van der Waals surface area contributed by atoms with Crippen LogP contribution in [0, 0.1) is 11.7 Å². The molecule has 0 N–H and O–H groups in total. The summed E-state index contributed by atoms with van der Waals surface area (Å²) in [7, 11) is 1.86. The molecule has 0 aliphatic heterocycles. The standard InChI is InChI=1S/C15H17FN2OS/c1-18-12-8-7-11(16)9-13(12)20-15(18)17-14(19)10-5-3-2-4-6-10/h7-10H,2-6H2,1H3. The van der Waals surface area contributed by atoms with Crippen molar-refractivity contribution in [1.82, 2.24) is 4.57 Å². The molecular formula is C15H17FN2OS. The molecule has 1 fully saturated rings. The number of aryl methyl sites for hydroxylation is 1. The van der Waals surface area contributed by atoms with Crippen molar-refractivity contribution < 1.29 is 9.18 Å². The molecule has 0 unspecified atom stereocenters. The van der Waals surface area contributed by atoms with Crippen LogP contribution in [0.2, 0.25) is 0 Å². The molecule has 0 radical (unpaired) electrons. The van der Waals surface area contributed by atoms with Crippen LogP contribution < -0.4 is 4.80 Å². The summed E-state index contributed by atoms with van der Waals surface area (Å²) < 4.78 is 15.9. The fourth-order valence-electron chi connectivity index (χ4n) is 2.75. The molecular weight excluding hydrogens is 275 g/mol. The van der Waals surface area contributed by atoms with Crippen molar-refractivity contribution in [3.05, 3.63) is 28.8 Å². The van der Waals surface area contributed by atoms with Crippen molar-refractivity contribution in [3.8, 4) is 0 Å². The van der Waals surface area contributed by atoms with Crippen molar-refractivity contribution in [2.45, 2.75) is 32.1 Å². The number of carbonyl (C=O) groups excluding carboxylic acids is 1. The van der Waals surface area contributed by atoms with Gasteiger partial charge in [0.2, 0.25) is 0 Å². The number of nitrogens with zero attached hydrogens (tertiary/aromatic N) is 2. The van der Waals surface area contributed by atoms with Crippen molar-refractivity contribution in [2.24, 2.45) is 18.0 Å². The maximum atomic E-state index is 13.2. The van der Waals surface area contributed by atoms with Gasteiger partial charge in [-0.3, -0.25) is 4.79 Å². The molecule has 1 heterocycles. The Bertz CT molecular complexity index is 710. The minimum atomic E-state index is -0.260. The Kier molecular flexibility index (Phi) is 3.70. The van der Waals surface area contributed by atoms with E-state index in [9.17, 15) is 9.18 Å². The van der Waals surface area contributed by atoms with E-state index in [4.69, 9.17) is 0 Å². The van der Waals surface area contributed by atoms with Gasteiger partial charge in [-0.25, -0.2) is 4.39 Å². The zero-order valence-corrected chi connectivity index (χ0v) is 12.3. The molecule has 0 bridgehead atoms. The third kappa shape index (κ3) is 2.54. The van der Waals surface area contributed by atoms with E-state index in [2.05, 4.69) is 4.99 Å². The van der Waals surface area contributed by atoms with Crippen molar-refractivity contribution in [3.63, 3.8) is 0 Å². The number of rotatable bonds is 1. The lowest BCUT2D eigenvalue weighted by Gasteiger charge is -2.17. The Hall–Kier alpha value is -1.49. The molecule has 1 aliphatic rings. The van der Waals surface area contributed by atoms with Crippen LogP contribution >= 0.6 is 11.3 Å². The van der Waals surface area contributed by atoms with Gasteiger partial charge >= 0.3 is 0 Å². The molecule has 20 heavy (non-hydrogen) atoms. The molecule has 0 atom stereocenters. The van der Waals surface area contributed by atoms with E-state index in [1.165, 1.54) is 29.9 Å². The van der Waals surface area contributed by atoms with Crippen LogP contribution in [0.4, 0.5) is 4.39 Å². The molecule has 3 nitrogen and oxygen atoms in total. The van der Waals surface area contributed by atoms with Gasteiger partial charge in [-0.2, -0.15) is 4.99 Å². The van der Waals surface area contributed by atoms with Crippen LogP contribution in [0.3, 0.4) is 0 Å². The van der Waals surface area contributed by atoms with Crippen LogP contribution in [0.1, 0.15) is 32.1 Å². The summed E-state index contributed by atoms with van der Waals surface area (Å²) in [6.07, 6.45) is 5.36. The van der Waals surface area contributed by atoms with Gasteiger partial charge in [-0.1, -0.05) is 30.6 Å². The summed E-state index contributed by atoms with van der Waals surface area (Å²) in [5, 5.41) is 0. The summed E-state index contributed by atoms with van der Waals surface area (Å²) in [6, 6.07) is 4.65. The summed E-state index contributed by atoms with van der Waals surface area (Å²) in [5.74, 6) is -0.206. The highest BCUT2D eigenvalue weighted by molar-refractivity contribution is 7.16. The van der Waals surface area contributed by atoms with Crippen molar-refractivity contribution in [1.29, 1.82) is 0 Å². The predicted molar refractivity (Wildman–Crippen MR) is 77.9 cm³/mol. The van der Waals surface area contributed by atoms with Crippen LogP contribution in [0.15, 0.2) is 23.2 Å². The van der Waals surface area contributed by atoms with Gasteiger partial charge in [-0.05, 0) is 31.0 Å². The molecule has 3 rings (SSSR count). The maximum Gasteiger partial charge on any atom is 0.251 e. The predicted octanol–water partition coefficient (Wildman–Crippen LogP) is 3.39. The van der Waals surface area contributed by atoms with Crippen LogP contribution in [-0.2, 0) is 11.8 Å². The third-order valence-corrected chi connectivity index (χ3v) is 5.03. The Labute approximate surface area is 120 Å². The number of fused-ring (bicyclic) bond motifs is 1. The topological polar surface area (TPSA) is 34.4 Å². The fraction of sp³-hybridized carbons (Fsp3) is 0.467. The van der Waals surface area contributed by atoms with Gasteiger partial charge < -0.3 is 4.57 Å². The van der Waals surface area contributed by atoms with E-state index in [-0.39, 0.29) is 17.6 Å². The number of thiazole rings is 1. The van der Waals surface area contributed by atoms with Gasteiger partial charge in [0, 0.05) is 13.0 Å². The molecule has 1 aromatic carbocycles. The van der Waals surface area contributed by atoms with E-state index in [1.807, 2.05) is 11.6 Å². The Morgan fingerprint density at radius 1 is 1.35 bits per heavy atom. The first kappa shape index (κ1) is 13.5. The molecule has 0 spiro atoms. The summed E-state index contributed by atoms with van der Waals surface area (Å²) in [6.45, 7) is 0. The summed E-state index contributed by atoms with van der Waals surface area (Å²) in [4.78, 5) is 17.1. The highest BCUT2D eigenvalue weighted by Crippen LogP contribution is 2.24. The minimum Gasteiger partial charge on any atom is -0.319 e. The average Bonchev–Trinajstić information content (AvgIpc) is 2.75. The Balaban J connectivity index is 1.98. The lowest BCUT2D eigenvalue weighted by Crippen LogP contribution is -2.20. The molecule has 1 aromatic heterocycles. The van der Waals surface area contributed by atoms with Gasteiger partial charge in [0.1, 0.15) is 5.82 Å². The first-order valence-electron chi connectivity index (χ1n) is 6.99. The van der Waals surface area contributed by atoms with E-state index < -0.39 is 0 Å². The average molecular weight is 292 g/mol. The normalized spacial score (nSPS) is 17.8. The number of carbonyl (C=O) groups is 1. The van der Waals surface area contributed by atoms with E-state index in [0.717, 1.165) is 35.9 Å². The first-order chi connectivity index (χ1) is 9.65. The summed E-state index contributed by atoms with van der Waals surface area (Å²) in [5.41, 5.74) is 0.909.